The van der Waals surface area contributed by atoms with E-state index in [1.54, 1.807) is 19.1 Å². The zero-order chi connectivity index (χ0) is 14.5. The highest BCUT2D eigenvalue weighted by molar-refractivity contribution is 5.85. The minimum Gasteiger partial charge on any atom is -0.478 e. The number of rotatable bonds is 4. The standard InChI is InChI=1S/C15H12FNO3/c1-10-6-12(3-4-14(10)16)20-13-7-11(8-17-9-13)2-5-15(18)19/h2-9H,1H3,(H,18,19)/b5-2+. The molecule has 1 aromatic heterocycles. The molecule has 102 valence electrons. The van der Waals surface area contributed by atoms with Crippen LogP contribution in [0.4, 0.5) is 4.39 Å². The molecule has 0 bridgehead atoms. The highest BCUT2D eigenvalue weighted by Crippen LogP contribution is 2.23. The van der Waals surface area contributed by atoms with Crippen molar-refractivity contribution < 1.29 is 19.0 Å². The normalized spacial score (nSPS) is 10.7. The Kier molecular flexibility index (Phi) is 4.10. The van der Waals surface area contributed by atoms with Crippen molar-refractivity contribution in [2.45, 2.75) is 6.92 Å². The number of hydrogen-bond donors (Lipinski definition) is 1. The van der Waals surface area contributed by atoms with Gasteiger partial charge in [0.25, 0.3) is 0 Å². The lowest BCUT2D eigenvalue weighted by Gasteiger charge is -2.07. The van der Waals surface area contributed by atoms with Crippen LogP contribution in [0.3, 0.4) is 0 Å². The van der Waals surface area contributed by atoms with Crippen molar-refractivity contribution in [2.75, 3.05) is 0 Å². The van der Waals surface area contributed by atoms with Crippen molar-refractivity contribution in [2.24, 2.45) is 0 Å². The Morgan fingerprint density at radius 3 is 2.80 bits per heavy atom. The van der Waals surface area contributed by atoms with Gasteiger partial charge in [-0.15, -0.1) is 0 Å². The van der Waals surface area contributed by atoms with Crippen LogP contribution in [0.2, 0.25) is 0 Å². The van der Waals surface area contributed by atoms with E-state index in [1.165, 1.54) is 30.6 Å². The number of carbonyl (C=O) groups is 1. The number of aryl methyl sites for hydroxylation is 1. The molecule has 1 heterocycles. The predicted octanol–water partition coefficient (Wildman–Crippen LogP) is 3.42. The molecule has 0 radical (unpaired) electrons. The molecule has 0 aliphatic rings. The summed E-state index contributed by atoms with van der Waals surface area (Å²) in [6.07, 6.45) is 5.44. The van der Waals surface area contributed by atoms with Gasteiger partial charge in [-0.2, -0.15) is 0 Å². The minimum absolute atomic E-state index is 0.298. The monoisotopic (exact) mass is 273 g/mol. The Bertz CT molecular complexity index is 668. The highest BCUT2D eigenvalue weighted by atomic mass is 19.1. The maximum atomic E-state index is 13.1. The van der Waals surface area contributed by atoms with Gasteiger partial charge in [0, 0.05) is 12.3 Å². The van der Waals surface area contributed by atoms with Gasteiger partial charge in [-0.05, 0) is 48.4 Å². The summed E-state index contributed by atoms with van der Waals surface area (Å²) in [4.78, 5) is 14.4. The average Bonchev–Trinajstić information content (AvgIpc) is 2.41. The number of halogens is 1. The summed E-state index contributed by atoms with van der Waals surface area (Å²) in [5, 5.41) is 8.56. The molecule has 0 saturated heterocycles. The maximum absolute atomic E-state index is 13.1. The number of carboxylic acids is 1. The SMILES string of the molecule is Cc1cc(Oc2cncc(/C=C/C(=O)O)c2)ccc1F. The van der Waals surface area contributed by atoms with E-state index in [0.29, 0.717) is 22.6 Å². The van der Waals surface area contributed by atoms with Gasteiger partial charge in [-0.3, -0.25) is 4.98 Å². The number of benzene rings is 1. The molecule has 0 aliphatic heterocycles. The Balaban J connectivity index is 2.19. The Hall–Kier alpha value is -2.69. The Morgan fingerprint density at radius 1 is 1.30 bits per heavy atom. The molecule has 2 rings (SSSR count). The van der Waals surface area contributed by atoms with Gasteiger partial charge in [0.15, 0.2) is 0 Å². The number of nitrogens with zero attached hydrogens (tertiary/aromatic N) is 1. The molecule has 0 atom stereocenters. The first kappa shape index (κ1) is 13.7. The van der Waals surface area contributed by atoms with Crippen LogP contribution in [-0.4, -0.2) is 16.1 Å². The Labute approximate surface area is 115 Å². The lowest BCUT2D eigenvalue weighted by molar-refractivity contribution is -0.131. The number of ether oxygens (including phenoxy) is 1. The molecule has 5 heteroatoms. The largest absolute Gasteiger partial charge is 0.478 e. The van der Waals surface area contributed by atoms with E-state index in [1.807, 2.05) is 0 Å². The third-order valence-corrected chi connectivity index (χ3v) is 2.52. The smallest absolute Gasteiger partial charge is 0.328 e. The highest BCUT2D eigenvalue weighted by Gasteiger charge is 2.02. The first-order valence-electron chi connectivity index (χ1n) is 5.84. The molecule has 20 heavy (non-hydrogen) atoms. The molecular formula is C15H12FNO3. The third kappa shape index (κ3) is 3.65. The summed E-state index contributed by atoms with van der Waals surface area (Å²) in [6, 6.07) is 6.06. The van der Waals surface area contributed by atoms with E-state index in [2.05, 4.69) is 4.98 Å². The zero-order valence-electron chi connectivity index (χ0n) is 10.7. The maximum Gasteiger partial charge on any atom is 0.328 e. The fourth-order valence-corrected chi connectivity index (χ4v) is 1.57. The summed E-state index contributed by atoms with van der Waals surface area (Å²) < 4.78 is 18.7. The summed E-state index contributed by atoms with van der Waals surface area (Å²) in [7, 11) is 0. The van der Waals surface area contributed by atoms with Gasteiger partial charge >= 0.3 is 5.97 Å². The molecule has 2 aromatic rings. The van der Waals surface area contributed by atoms with Crippen molar-refractivity contribution >= 4 is 12.0 Å². The average molecular weight is 273 g/mol. The number of carboxylic acid groups (broad SMARTS) is 1. The van der Waals surface area contributed by atoms with Crippen LogP contribution < -0.4 is 4.74 Å². The minimum atomic E-state index is -1.04. The van der Waals surface area contributed by atoms with E-state index in [0.717, 1.165) is 6.08 Å². The molecule has 0 aliphatic carbocycles. The van der Waals surface area contributed by atoms with Gasteiger partial charge in [-0.1, -0.05) is 0 Å². The van der Waals surface area contributed by atoms with Crippen molar-refractivity contribution in [3.63, 3.8) is 0 Å². The molecule has 4 nitrogen and oxygen atoms in total. The van der Waals surface area contributed by atoms with Crippen molar-refractivity contribution in [1.82, 2.24) is 4.98 Å². The second kappa shape index (κ2) is 5.97. The fourth-order valence-electron chi connectivity index (χ4n) is 1.57. The van der Waals surface area contributed by atoms with Crippen molar-refractivity contribution in [1.29, 1.82) is 0 Å². The lowest BCUT2D eigenvalue weighted by atomic mass is 10.2. The van der Waals surface area contributed by atoms with Crippen LogP contribution in [-0.2, 0) is 4.79 Å². The molecule has 0 amide bonds. The number of aromatic nitrogens is 1. The van der Waals surface area contributed by atoms with Crippen LogP contribution in [0.15, 0.2) is 42.7 Å². The topological polar surface area (TPSA) is 59.4 Å². The van der Waals surface area contributed by atoms with Gasteiger partial charge in [0.2, 0.25) is 0 Å². The molecule has 1 aromatic carbocycles. The van der Waals surface area contributed by atoms with Crippen LogP contribution in [0.25, 0.3) is 6.08 Å². The molecular weight excluding hydrogens is 261 g/mol. The van der Waals surface area contributed by atoms with Gasteiger partial charge in [0.1, 0.15) is 17.3 Å². The summed E-state index contributed by atoms with van der Waals surface area (Å²) in [5.41, 5.74) is 1.08. The molecule has 0 unspecified atom stereocenters. The zero-order valence-corrected chi connectivity index (χ0v) is 10.7. The van der Waals surface area contributed by atoms with Crippen LogP contribution in [0, 0.1) is 12.7 Å². The molecule has 0 fully saturated rings. The van der Waals surface area contributed by atoms with Gasteiger partial charge < -0.3 is 9.84 Å². The first-order valence-corrected chi connectivity index (χ1v) is 5.84. The van der Waals surface area contributed by atoms with Crippen molar-refractivity contribution in [3.05, 3.63) is 59.7 Å². The predicted molar refractivity (Wildman–Crippen MR) is 72.1 cm³/mol. The fraction of sp³-hybridized carbons (Fsp3) is 0.0667. The third-order valence-electron chi connectivity index (χ3n) is 2.52. The lowest BCUT2D eigenvalue weighted by Crippen LogP contribution is -1.90. The second-order valence-electron chi connectivity index (χ2n) is 4.14. The molecule has 0 spiro atoms. The van der Waals surface area contributed by atoms with Crippen LogP contribution in [0.1, 0.15) is 11.1 Å². The van der Waals surface area contributed by atoms with Crippen molar-refractivity contribution in [3.8, 4) is 11.5 Å². The van der Waals surface area contributed by atoms with Gasteiger partial charge in [0.05, 0.1) is 6.20 Å². The van der Waals surface area contributed by atoms with Crippen LogP contribution in [0.5, 0.6) is 11.5 Å². The van der Waals surface area contributed by atoms with E-state index in [-0.39, 0.29) is 5.82 Å². The van der Waals surface area contributed by atoms with E-state index in [4.69, 9.17) is 9.84 Å². The molecule has 1 N–H and O–H groups in total. The van der Waals surface area contributed by atoms with E-state index in [9.17, 15) is 9.18 Å². The summed E-state index contributed by atoms with van der Waals surface area (Å²) >= 11 is 0. The first-order chi connectivity index (χ1) is 9.54. The van der Waals surface area contributed by atoms with E-state index < -0.39 is 5.97 Å². The van der Waals surface area contributed by atoms with Crippen LogP contribution >= 0.6 is 0 Å². The summed E-state index contributed by atoms with van der Waals surface area (Å²) in [5.74, 6) is -0.396. The molecule has 0 saturated carbocycles. The Morgan fingerprint density at radius 2 is 2.10 bits per heavy atom. The van der Waals surface area contributed by atoms with E-state index >= 15 is 0 Å². The van der Waals surface area contributed by atoms with Gasteiger partial charge in [-0.25, -0.2) is 9.18 Å². The number of pyridine rings is 1. The number of hydrogen-bond acceptors (Lipinski definition) is 3. The summed E-state index contributed by atoms with van der Waals surface area (Å²) in [6.45, 7) is 1.65. The quantitative estimate of drug-likeness (QED) is 0.867. The number of aliphatic carboxylic acids is 1. The second-order valence-corrected chi connectivity index (χ2v) is 4.14.